The van der Waals surface area contributed by atoms with E-state index in [-0.39, 0.29) is 17.2 Å². The molecule has 0 saturated carbocycles. The Morgan fingerprint density at radius 1 is 1.32 bits per heavy atom. The van der Waals surface area contributed by atoms with E-state index < -0.39 is 12.1 Å². The molecule has 1 atom stereocenters. The maximum absolute atomic E-state index is 11.9. The van der Waals surface area contributed by atoms with Gasteiger partial charge in [0.1, 0.15) is 5.75 Å². The molecule has 0 fully saturated rings. The van der Waals surface area contributed by atoms with Crippen LogP contribution in [0, 0.1) is 0 Å². The number of rotatable bonds is 4. The Morgan fingerprint density at radius 2 is 1.95 bits per heavy atom. The molecule has 19 heavy (non-hydrogen) atoms. The van der Waals surface area contributed by atoms with E-state index in [1.807, 2.05) is 0 Å². The first-order chi connectivity index (χ1) is 8.86. The van der Waals surface area contributed by atoms with E-state index in [1.54, 1.807) is 26.2 Å². The lowest BCUT2D eigenvalue weighted by Crippen LogP contribution is -2.35. The van der Waals surface area contributed by atoms with Gasteiger partial charge in [0.2, 0.25) is 0 Å². The maximum atomic E-state index is 11.9. The van der Waals surface area contributed by atoms with Gasteiger partial charge in [0.15, 0.2) is 6.10 Å². The fraction of sp³-hybridized carbons (Fsp3) is 0.385. The molecule has 0 radical (unpaired) electrons. The van der Waals surface area contributed by atoms with Crippen LogP contribution in [0.5, 0.6) is 5.75 Å². The number of nitrogens with two attached hydrogens (primary N) is 1. The molecular weight excluding hydrogens is 248 g/mol. The number of methoxy groups -OCH3 is 1. The number of nitrogen functional groups attached to an aromatic ring is 1. The minimum atomic E-state index is -0.867. The molecule has 0 saturated heterocycles. The molecule has 0 bridgehead atoms. The highest BCUT2D eigenvalue weighted by Crippen LogP contribution is 2.20. The van der Waals surface area contributed by atoms with Crippen molar-refractivity contribution in [2.45, 2.75) is 13.0 Å². The maximum Gasteiger partial charge on any atom is 0.341 e. The number of hydrogen-bond acceptors (Lipinski definition) is 5. The predicted octanol–water partition coefficient (Wildman–Crippen LogP) is 0.911. The van der Waals surface area contributed by atoms with Gasteiger partial charge in [-0.3, -0.25) is 4.79 Å². The Labute approximate surface area is 112 Å². The number of ether oxygens (including phenoxy) is 2. The summed E-state index contributed by atoms with van der Waals surface area (Å²) >= 11 is 0. The molecule has 104 valence electrons. The Kier molecular flexibility index (Phi) is 4.74. The second kappa shape index (κ2) is 6.08. The second-order valence-corrected chi connectivity index (χ2v) is 4.23. The van der Waals surface area contributed by atoms with Crippen LogP contribution in [0.3, 0.4) is 0 Å². The average Bonchev–Trinajstić information content (AvgIpc) is 2.37. The molecule has 2 N–H and O–H groups in total. The van der Waals surface area contributed by atoms with Gasteiger partial charge in [-0.25, -0.2) is 4.79 Å². The van der Waals surface area contributed by atoms with Crippen molar-refractivity contribution in [3.05, 3.63) is 23.8 Å². The van der Waals surface area contributed by atoms with Crippen molar-refractivity contribution in [2.24, 2.45) is 0 Å². The standard InChI is InChI=1S/C13H18N2O4/c1-8(12(16)15(2)3)19-13(17)10-7-9(18-4)5-6-11(10)14/h5-8H,14H2,1-4H3. The van der Waals surface area contributed by atoms with Gasteiger partial charge >= 0.3 is 5.97 Å². The largest absolute Gasteiger partial charge is 0.497 e. The van der Waals surface area contributed by atoms with Crippen molar-refractivity contribution in [2.75, 3.05) is 26.9 Å². The normalized spacial score (nSPS) is 11.6. The average molecular weight is 266 g/mol. The summed E-state index contributed by atoms with van der Waals surface area (Å²) in [6.07, 6.45) is -0.867. The Morgan fingerprint density at radius 3 is 2.47 bits per heavy atom. The van der Waals surface area contributed by atoms with Crippen LogP contribution in [-0.4, -0.2) is 44.1 Å². The Balaban J connectivity index is 2.86. The van der Waals surface area contributed by atoms with Gasteiger partial charge in [-0.05, 0) is 25.1 Å². The molecule has 1 aromatic carbocycles. The Bertz CT molecular complexity index is 486. The van der Waals surface area contributed by atoms with Crippen LogP contribution in [0.1, 0.15) is 17.3 Å². The minimum Gasteiger partial charge on any atom is -0.497 e. The molecule has 1 amide bonds. The monoisotopic (exact) mass is 266 g/mol. The number of anilines is 1. The number of amides is 1. The number of hydrogen-bond donors (Lipinski definition) is 1. The lowest BCUT2D eigenvalue weighted by molar-refractivity contribution is -0.137. The van der Waals surface area contributed by atoms with Crippen LogP contribution < -0.4 is 10.5 Å². The summed E-state index contributed by atoms with van der Waals surface area (Å²) in [5, 5.41) is 0. The molecule has 1 rings (SSSR count). The number of carbonyl (C=O) groups excluding carboxylic acids is 2. The summed E-state index contributed by atoms with van der Waals surface area (Å²) in [5.41, 5.74) is 6.16. The van der Waals surface area contributed by atoms with Crippen LogP contribution in [0.4, 0.5) is 5.69 Å². The zero-order valence-electron chi connectivity index (χ0n) is 11.5. The third-order valence-corrected chi connectivity index (χ3v) is 2.55. The minimum absolute atomic E-state index is 0.178. The van der Waals surface area contributed by atoms with Crippen molar-refractivity contribution < 1.29 is 19.1 Å². The van der Waals surface area contributed by atoms with Gasteiger partial charge in [0.05, 0.1) is 12.7 Å². The third kappa shape index (κ3) is 3.61. The molecule has 0 aromatic heterocycles. The van der Waals surface area contributed by atoms with Gasteiger partial charge < -0.3 is 20.1 Å². The zero-order chi connectivity index (χ0) is 14.6. The molecular formula is C13H18N2O4. The van der Waals surface area contributed by atoms with Gasteiger partial charge in [0.25, 0.3) is 5.91 Å². The van der Waals surface area contributed by atoms with Crippen LogP contribution in [-0.2, 0) is 9.53 Å². The van der Waals surface area contributed by atoms with Crippen molar-refractivity contribution in [1.29, 1.82) is 0 Å². The number of likely N-dealkylation sites (N-methyl/N-ethyl adjacent to an activating group) is 1. The van der Waals surface area contributed by atoms with Crippen molar-refractivity contribution >= 4 is 17.6 Å². The van der Waals surface area contributed by atoms with E-state index in [0.717, 1.165) is 0 Å². The van der Waals surface area contributed by atoms with Crippen LogP contribution in [0.25, 0.3) is 0 Å². The predicted molar refractivity (Wildman–Crippen MR) is 71.0 cm³/mol. The molecule has 0 spiro atoms. The molecule has 0 aliphatic heterocycles. The van der Waals surface area contributed by atoms with E-state index in [1.165, 1.54) is 25.0 Å². The van der Waals surface area contributed by atoms with E-state index in [9.17, 15) is 9.59 Å². The van der Waals surface area contributed by atoms with Crippen LogP contribution in [0.2, 0.25) is 0 Å². The molecule has 6 heteroatoms. The molecule has 1 aromatic rings. The quantitative estimate of drug-likeness (QED) is 0.647. The lowest BCUT2D eigenvalue weighted by atomic mass is 10.1. The van der Waals surface area contributed by atoms with E-state index in [0.29, 0.717) is 5.75 Å². The SMILES string of the molecule is COc1ccc(N)c(C(=O)OC(C)C(=O)N(C)C)c1. The van der Waals surface area contributed by atoms with Gasteiger partial charge in [0, 0.05) is 19.8 Å². The summed E-state index contributed by atoms with van der Waals surface area (Å²) in [6, 6.07) is 4.67. The molecule has 0 aliphatic rings. The summed E-state index contributed by atoms with van der Waals surface area (Å²) in [5.74, 6) is -0.457. The molecule has 6 nitrogen and oxygen atoms in total. The van der Waals surface area contributed by atoms with E-state index >= 15 is 0 Å². The zero-order valence-corrected chi connectivity index (χ0v) is 11.5. The fourth-order valence-corrected chi connectivity index (χ4v) is 1.48. The first-order valence-corrected chi connectivity index (χ1v) is 5.72. The third-order valence-electron chi connectivity index (χ3n) is 2.55. The van der Waals surface area contributed by atoms with Gasteiger partial charge in [-0.15, -0.1) is 0 Å². The topological polar surface area (TPSA) is 81.9 Å². The highest BCUT2D eigenvalue weighted by Gasteiger charge is 2.21. The van der Waals surface area contributed by atoms with Crippen molar-refractivity contribution in [1.82, 2.24) is 4.90 Å². The van der Waals surface area contributed by atoms with Crippen molar-refractivity contribution in [3.8, 4) is 5.75 Å². The summed E-state index contributed by atoms with van der Waals surface area (Å²) in [4.78, 5) is 24.9. The van der Waals surface area contributed by atoms with Crippen LogP contribution >= 0.6 is 0 Å². The number of benzene rings is 1. The van der Waals surface area contributed by atoms with E-state index in [4.69, 9.17) is 15.2 Å². The Hall–Kier alpha value is -2.24. The molecule has 1 unspecified atom stereocenters. The first kappa shape index (κ1) is 14.8. The first-order valence-electron chi connectivity index (χ1n) is 5.72. The molecule has 0 aliphatic carbocycles. The highest BCUT2D eigenvalue weighted by molar-refractivity contribution is 5.97. The summed E-state index contributed by atoms with van der Waals surface area (Å²) in [7, 11) is 4.66. The lowest BCUT2D eigenvalue weighted by Gasteiger charge is -2.17. The van der Waals surface area contributed by atoms with Crippen LogP contribution in [0.15, 0.2) is 18.2 Å². The van der Waals surface area contributed by atoms with E-state index in [2.05, 4.69) is 0 Å². The summed E-state index contributed by atoms with van der Waals surface area (Å²) in [6.45, 7) is 1.51. The smallest absolute Gasteiger partial charge is 0.341 e. The second-order valence-electron chi connectivity index (χ2n) is 4.23. The van der Waals surface area contributed by atoms with Gasteiger partial charge in [-0.1, -0.05) is 0 Å². The fourth-order valence-electron chi connectivity index (χ4n) is 1.48. The number of esters is 1. The van der Waals surface area contributed by atoms with Crippen molar-refractivity contribution in [3.63, 3.8) is 0 Å². The van der Waals surface area contributed by atoms with Gasteiger partial charge in [-0.2, -0.15) is 0 Å². The number of carbonyl (C=O) groups is 2. The molecule has 0 heterocycles. The summed E-state index contributed by atoms with van der Waals surface area (Å²) < 4.78 is 10.1. The number of nitrogens with zero attached hydrogens (tertiary/aromatic N) is 1. The highest BCUT2D eigenvalue weighted by atomic mass is 16.5.